The van der Waals surface area contributed by atoms with Gasteiger partial charge in [0.1, 0.15) is 5.75 Å². The molecule has 1 atom stereocenters. The van der Waals surface area contributed by atoms with Crippen molar-refractivity contribution in [2.45, 2.75) is 53.5 Å². The second kappa shape index (κ2) is 17.6. The quantitative estimate of drug-likeness (QED) is 0.0601. The minimum Gasteiger partial charge on any atom is -0.494 e. The number of allylic oxidation sites excluding steroid dienone is 1. The molecule has 5 rings (SSSR count). The van der Waals surface area contributed by atoms with E-state index in [1.54, 1.807) is 0 Å². The number of nitrogens with zero attached hydrogens (tertiary/aromatic N) is 3. The van der Waals surface area contributed by atoms with Gasteiger partial charge in [0.05, 0.1) is 23.0 Å². The number of ether oxygens (including phenoxy) is 1. The van der Waals surface area contributed by atoms with Crippen molar-refractivity contribution in [1.29, 1.82) is 0 Å². The summed E-state index contributed by atoms with van der Waals surface area (Å²) in [6, 6.07) is 13.8. The summed E-state index contributed by atoms with van der Waals surface area (Å²) < 4.78 is 10.1. The van der Waals surface area contributed by atoms with E-state index >= 15 is 0 Å². The number of rotatable bonds is 14. The van der Waals surface area contributed by atoms with Crippen molar-refractivity contribution in [1.82, 2.24) is 19.7 Å². The topological polar surface area (TPSA) is 110 Å². The molecule has 5 aromatic rings. The van der Waals surface area contributed by atoms with Crippen LogP contribution in [0.15, 0.2) is 48.7 Å². The molecule has 0 aliphatic heterocycles. The van der Waals surface area contributed by atoms with Crippen molar-refractivity contribution in [3.63, 3.8) is 0 Å². The number of benzene rings is 3. The van der Waals surface area contributed by atoms with Crippen LogP contribution in [-0.4, -0.2) is 58.5 Å². The maximum atomic E-state index is 12.2. The van der Waals surface area contributed by atoms with Crippen LogP contribution in [0.25, 0.3) is 33.7 Å². The van der Waals surface area contributed by atoms with Crippen molar-refractivity contribution in [2.75, 3.05) is 25.6 Å². The van der Waals surface area contributed by atoms with E-state index < -0.39 is 0 Å². The lowest BCUT2D eigenvalue weighted by atomic mass is 9.90. The highest BCUT2D eigenvalue weighted by Gasteiger charge is 2.24. The molecule has 1 amide bonds. The minimum absolute atomic E-state index is 0.126. The van der Waals surface area contributed by atoms with Crippen LogP contribution in [-0.2, 0) is 18.9 Å². The summed E-state index contributed by atoms with van der Waals surface area (Å²) in [4.78, 5) is 23.4. The Labute approximate surface area is 310 Å². The molecule has 2 aromatic heterocycles. The third-order valence-corrected chi connectivity index (χ3v) is 9.87. The molecule has 2 heterocycles. The maximum absolute atomic E-state index is 12.2. The molecule has 0 unspecified atom stereocenters. The SMILES string of the molecule is CO.Cc1cc(OCCC/C(=C\c2cccc3c2c(C=O)cn3C)c2ccc(Cl)c(-c3c(C)nn(C)c3C)c2N[C@H](C)CNC=O)cc(C)c1Cl. The molecule has 0 bridgehead atoms. The van der Waals surface area contributed by atoms with Gasteiger partial charge in [0.2, 0.25) is 6.41 Å². The molecule has 3 aromatic carbocycles. The number of aliphatic hydroxyl groups excluding tert-OH is 1. The first-order chi connectivity index (χ1) is 24.4. The maximum Gasteiger partial charge on any atom is 0.207 e. The third-order valence-electron chi connectivity index (χ3n) is 8.96. The summed E-state index contributed by atoms with van der Waals surface area (Å²) in [5, 5.41) is 20.4. The Kier molecular flexibility index (Phi) is 13.5. The number of aldehydes is 1. The summed E-state index contributed by atoms with van der Waals surface area (Å²) in [5.74, 6) is 0.782. The van der Waals surface area contributed by atoms with Gasteiger partial charge in [-0.05, 0) is 94.0 Å². The molecular weight excluding hydrogens is 685 g/mol. The predicted molar refractivity (Wildman–Crippen MR) is 210 cm³/mol. The summed E-state index contributed by atoms with van der Waals surface area (Å²) >= 11 is 13.5. The lowest BCUT2D eigenvalue weighted by Crippen LogP contribution is -2.30. The van der Waals surface area contributed by atoms with E-state index in [4.69, 9.17) is 38.1 Å². The van der Waals surface area contributed by atoms with E-state index in [2.05, 4.69) is 16.7 Å². The highest BCUT2D eigenvalue weighted by Crippen LogP contribution is 2.44. The number of nitrogens with one attached hydrogen (secondary N) is 2. The number of carbonyl (C=O) groups is 2. The van der Waals surface area contributed by atoms with E-state index in [1.165, 1.54) is 0 Å². The highest BCUT2D eigenvalue weighted by atomic mass is 35.5. The van der Waals surface area contributed by atoms with Gasteiger partial charge in [-0.1, -0.05) is 47.5 Å². The molecule has 270 valence electrons. The van der Waals surface area contributed by atoms with Gasteiger partial charge in [0.25, 0.3) is 0 Å². The molecule has 0 saturated heterocycles. The number of fused-ring (bicyclic) bond motifs is 1. The molecule has 3 N–H and O–H groups in total. The number of aromatic nitrogens is 3. The minimum atomic E-state index is -0.126. The lowest BCUT2D eigenvalue weighted by Gasteiger charge is -2.24. The number of hydrogen-bond donors (Lipinski definition) is 3. The van der Waals surface area contributed by atoms with E-state index in [-0.39, 0.29) is 6.04 Å². The molecule has 0 saturated carbocycles. The zero-order valence-corrected chi connectivity index (χ0v) is 32.0. The van der Waals surface area contributed by atoms with Crippen LogP contribution in [0.2, 0.25) is 10.0 Å². The van der Waals surface area contributed by atoms with Gasteiger partial charge in [-0.3, -0.25) is 14.3 Å². The summed E-state index contributed by atoms with van der Waals surface area (Å²) in [5.41, 5.74) is 11.0. The van der Waals surface area contributed by atoms with Crippen LogP contribution in [0.1, 0.15) is 63.8 Å². The number of halogens is 2. The van der Waals surface area contributed by atoms with Crippen LogP contribution in [0.4, 0.5) is 5.69 Å². The summed E-state index contributed by atoms with van der Waals surface area (Å²) in [6.07, 6.45) is 7.01. The average molecular weight is 733 g/mol. The highest BCUT2D eigenvalue weighted by molar-refractivity contribution is 6.34. The van der Waals surface area contributed by atoms with Gasteiger partial charge in [-0.2, -0.15) is 5.10 Å². The first-order valence-corrected chi connectivity index (χ1v) is 17.6. The monoisotopic (exact) mass is 731 g/mol. The summed E-state index contributed by atoms with van der Waals surface area (Å²) in [6.45, 7) is 10.9. The number of anilines is 1. The van der Waals surface area contributed by atoms with Crippen LogP contribution in [0, 0.1) is 27.7 Å². The van der Waals surface area contributed by atoms with Crippen molar-refractivity contribution in [2.24, 2.45) is 14.1 Å². The Hall–Kier alpha value is -4.57. The Morgan fingerprint density at radius 1 is 1.00 bits per heavy atom. The van der Waals surface area contributed by atoms with Gasteiger partial charge in [0.15, 0.2) is 6.29 Å². The van der Waals surface area contributed by atoms with Crippen molar-refractivity contribution >= 4 is 64.1 Å². The van der Waals surface area contributed by atoms with E-state index in [0.29, 0.717) is 43.0 Å². The second-order valence-electron chi connectivity index (χ2n) is 12.6. The number of hydrogen-bond acceptors (Lipinski definition) is 6. The van der Waals surface area contributed by atoms with E-state index in [9.17, 15) is 9.59 Å². The number of amides is 1. The third kappa shape index (κ3) is 8.67. The van der Waals surface area contributed by atoms with Gasteiger partial charge >= 0.3 is 0 Å². The van der Waals surface area contributed by atoms with Gasteiger partial charge < -0.3 is 25.0 Å². The van der Waals surface area contributed by atoms with Gasteiger partial charge in [0, 0.05) is 83.9 Å². The first-order valence-electron chi connectivity index (χ1n) is 16.8. The molecular formula is C40H47Cl2N5O4. The van der Waals surface area contributed by atoms with Gasteiger partial charge in [-0.15, -0.1) is 0 Å². The van der Waals surface area contributed by atoms with Crippen LogP contribution in [0.5, 0.6) is 5.75 Å². The average Bonchev–Trinajstić information content (AvgIpc) is 3.58. The molecule has 11 heteroatoms. The molecule has 0 fully saturated rings. The molecule has 0 spiro atoms. The molecule has 51 heavy (non-hydrogen) atoms. The Bertz CT molecular complexity index is 2040. The fourth-order valence-corrected chi connectivity index (χ4v) is 6.89. The molecule has 0 aliphatic rings. The van der Waals surface area contributed by atoms with Crippen LogP contribution < -0.4 is 15.4 Å². The number of aliphatic hydroxyl groups is 1. The van der Waals surface area contributed by atoms with Crippen LogP contribution in [0.3, 0.4) is 0 Å². The van der Waals surface area contributed by atoms with Crippen molar-refractivity contribution in [3.05, 3.63) is 97.9 Å². The van der Waals surface area contributed by atoms with Gasteiger partial charge in [-0.25, -0.2) is 0 Å². The molecule has 0 radical (unpaired) electrons. The molecule has 9 nitrogen and oxygen atoms in total. The molecule has 0 aliphatic carbocycles. The van der Waals surface area contributed by atoms with Crippen molar-refractivity contribution < 1.29 is 19.4 Å². The fourth-order valence-electron chi connectivity index (χ4n) is 6.53. The Balaban J connectivity index is 0.00000286. The van der Waals surface area contributed by atoms with Crippen molar-refractivity contribution in [3.8, 4) is 16.9 Å². The summed E-state index contributed by atoms with van der Waals surface area (Å²) in [7, 11) is 4.87. The fraction of sp³-hybridized carbons (Fsp3) is 0.325. The largest absolute Gasteiger partial charge is 0.494 e. The smallest absolute Gasteiger partial charge is 0.207 e. The second-order valence-corrected chi connectivity index (χ2v) is 13.4. The normalized spacial score (nSPS) is 11.9. The zero-order valence-electron chi connectivity index (χ0n) is 30.5. The predicted octanol–water partition coefficient (Wildman–Crippen LogP) is 8.49. The number of aryl methyl sites for hydroxylation is 5. The van der Waals surface area contributed by atoms with E-state index in [0.717, 1.165) is 91.1 Å². The Morgan fingerprint density at radius 2 is 1.71 bits per heavy atom. The zero-order chi connectivity index (χ0) is 37.4. The number of carbonyl (C=O) groups excluding carboxylic acids is 2. The standard InChI is InChI=1S/C39H43Cl2N5O3.CH4O/c1-23-16-31(17-24(2)38(23)41)49-15-9-11-28(18-29-10-8-12-34-36(29)30(21-47)20-45(34)6)32-13-14-33(40)37(35-26(4)44-46(7)27(35)5)39(32)43-25(3)19-42-22-48;1-2/h8,10,12-14,16-18,20-22,25,43H,9,11,15,19H2,1-7H3,(H,42,48);2H,1H3/b28-18+;/t25-;/m1./s1. The first kappa shape index (κ1) is 39.2. The Morgan fingerprint density at radius 3 is 2.33 bits per heavy atom. The lowest BCUT2D eigenvalue weighted by molar-refractivity contribution is -0.109. The van der Waals surface area contributed by atoms with Crippen LogP contribution >= 0.6 is 23.2 Å². The van der Waals surface area contributed by atoms with E-state index in [1.807, 2.05) is 107 Å².